The van der Waals surface area contributed by atoms with Gasteiger partial charge in [-0.1, -0.05) is 37.2 Å². The number of amides is 2. The maximum atomic E-state index is 13.1. The van der Waals surface area contributed by atoms with Crippen LogP contribution in [0, 0.1) is 13.8 Å². The highest BCUT2D eigenvalue weighted by Crippen LogP contribution is 2.21. The highest BCUT2D eigenvalue weighted by atomic mass is 16.5. The third-order valence-corrected chi connectivity index (χ3v) is 6.32. The fraction of sp³-hybridized carbons (Fsp3) is 0.370. The minimum atomic E-state index is -0.0591. The number of aryl methyl sites for hydroxylation is 2. The van der Waals surface area contributed by atoms with Gasteiger partial charge in [0.1, 0.15) is 18.1 Å². The summed E-state index contributed by atoms with van der Waals surface area (Å²) in [5.41, 5.74) is 4.18. The van der Waals surface area contributed by atoms with Gasteiger partial charge in [-0.3, -0.25) is 9.59 Å². The normalized spacial score (nSPS) is 13.9. The Morgan fingerprint density at radius 2 is 1.56 bits per heavy atom. The van der Waals surface area contributed by atoms with Crippen molar-refractivity contribution in [1.82, 2.24) is 15.0 Å². The quantitative estimate of drug-likeness (QED) is 0.537. The number of carbonyl (C=O) groups excluding carboxylic acids is 2. The van der Waals surface area contributed by atoms with Gasteiger partial charge in [-0.15, -0.1) is 0 Å². The predicted octanol–water partition coefficient (Wildman–Crippen LogP) is 4.59. The molecule has 7 heteroatoms. The number of benzene rings is 2. The largest absolute Gasteiger partial charge is 0.489 e. The Bertz CT molecular complexity index is 1140. The van der Waals surface area contributed by atoms with Gasteiger partial charge in [0.05, 0.1) is 11.3 Å². The van der Waals surface area contributed by atoms with Gasteiger partial charge in [0.25, 0.3) is 11.8 Å². The molecule has 1 aromatic heterocycles. The zero-order valence-electron chi connectivity index (χ0n) is 20.2. The van der Waals surface area contributed by atoms with Crippen molar-refractivity contribution in [2.75, 3.05) is 26.2 Å². The Labute approximate surface area is 200 Å². The number of carbonyl (C=O) groups is 2. The molecule has 1 aliphatic heterocycles. The molecule has 34 heavy (non-hydrogen) atoms. The number of piperazine rings is 1. The Morgan fingerprint density at radius 3 is 2.12 bits per heavy atom. The molecule has 1 saturated heterocycles. The number of hydrogen-bond acceptors (Lipinski definition) is 5. The third kappa shape index (κ3) is 5.14. The topological polar surface area (TPSA) is 75.9 Å². The van der Waals surface area contributed by atoms with Crippen LogP contribution in [-0.2, 0) is 6.61 Å². The summed E-state index contributed by atoms with van der Waals surface area (Å²) in [5, 5.41) is 3.94. The van der Waals surface area contributed by atoms with Crippen molar-refractivity contribution >= 4 is 11.8 Å². The molecule has 0 unspecified atom stereocenters. The van der Waals surface area contributed by atoms with Crippen LogP contribution in [0.15, 0.2) is 53.1 Å². The Kier molecular flexibility index (Phi) is 7.01. The highest BCUT2D eigenvalue weighted by molar-refractivity contribution is 5.96. The van der Waals surface area contributed by atoms with E-state index in [0.717, 1.165) is 17.0 Å². The maximum Gasteiger partial charge on any atom is 0.254 e. The van der Waals surface area contributed by atoms with Gasteiger partial charge >= 0.3 is 0 Å². The van der Waals surface area contributed by atoms with E-state index in [-0.39, 0.29) is 11.8 Å². The van der Waals surface area contributed by atoms with Crippen LogP contribution in [0.5, 0.6) is 5.75 Å². The average molecular weight is 462 g/mol. The Balaban J connectivity index is 1.34. The van der Waals surface area contributed by atoms with Crippen LogP contribution in [0.4, 0.5) is 0 Å². The first-order valence-corrected chi connectivity index (χ1v) is 11.7. The Hall–Kier alpha value is -3.61. The predicted molar refractivity (Wildman–Crippen MR) is 129 cm³/mol. The van der Waals surface area contributed by atoms with Crippen LogP contribution in [0.1, 0.15) is 63.1 Å². The van der Waals surface area contributed by atoms with Crippen molar-refractivity contribution in [3.05, 3.63) is 82.2 Å². The smallest absolute Gasteiger partial charge is 0.254 e. The van der Waals surface area contributed by atoms with E-state index in [1.54, 1.807) is 17.0 Å². The molecular weight excluding hydrogens is 430 g/mol. The summed E-state index contributed by atoms with van der Waals surface area (Å²) < 4.78 is 11.1. The lowest BCUT2D eigenvalue weighted by Gasteiger charge is -2.35. The number of rotatable bonds is 6. The third-order valence-electron chi connectivity index (χ3n) is 6.32. The standard InChI is InChI=1S/C27H31N3O4/c1-18(2)21-8-10-22(11-9-21)26(31)29-12-14-30(15-13-29)27(32)23-6-5-7-24(16-23)33-17-25-19(3)28-34-20(25)4/h5-11,16,18H,12-15,17H2,1-4H3. The lowest BCUT2D eigenvalue weighted by Crippen LogP contribution is -2.50. The summed E-state index contributed by atoms with van der Waals surface area (Å²) in [6.07, 6.45) is 0. The number of hydrogen-bond donors (Lipinski definition) is 0. The van der Waals surface area contributed by atoms with E-state index in [4.69, 9.17) is 9.26 Å². The summed E-state index contributed by atoms with van der Waals surface area (Å²) in [5.74, 6) is 1.73. The monoisotopic (exact) mass is 461 g/mol. The van der Waals surface area contributed by atoms with Gasteiger partial charge in [-0.05, 0) is 55.7 Å². The first kappa shape index (κ1) is 23.5. The fourth-order valence-corrected chi connectivity index (χ4v) is 4.07. The summed E-state index contributed by atoms with van der Waals surface area (Å²) in [4.78, 5) is 29.6. The van der Waals surface area contributed by atoms with Gasteiger partial charge in [0, 0.05) is 37.3 Å². The van der Waals surface area contributed by atoms with E-state index in [9.17, 15) is 9.59 Å². The summed E-state index contributed by atoms with van der Waals surface area (Å²) in [7, 11) is 0. The summed E-state index contributed by atoms with van der Waals surface area (Å²) >= 11 is 0. The summed E-state index contributed by atoms with van der Waals surface area (Å²) in [6.45, 7) is 10.3. The second-order valence-corrected chi connectivity index (χ2v) is 8.98. The van der Waals surface area contributed by atoms with E-state index < -0.39 is 0 Å². The van der Waals surface area contributed by atoms with Crippen molar-refractivity contribution < 1.29 is 18.8 Å². The molecule has 1 aliphatic rings. The van der Waals surface area contributed by atoms with Crippen LogP contribution < -0.4 is 4.74 Å². The van der Waals surface area contributed by atoms with Crippen molar-refractivity contribution in [2.45, 2.75) is 40.2 Å². The van der Waals surface area contributed by atoms with Crippen molar-refractivity contribution in [3.63, 3.8) is 0 Å². The molecule has 2 heterocycles. The van der Waals surface area contributed by atoms with Crippen molar-refractivity contribution in [2.24, 2.45) is 0 Å². The number of nitrogens with zero attached hydrogens (tertiary/aromatic N) is 3. The number of ether oxygens (including phenoxy) is 1. The lowest BCUT2D eigenvalue weighted by atomic mass is 10.0. The molecule has 2 aromatic carbocycles. The van der Waals surface area contributed by atoms with E-state index in [1.807, 2.05) is 55.1 Å². The molecule has 0 spiro atoms. The van der Waals surface area contributed by atoms with E-state index in [1.165, 1.54) is 5.56 Å². The molecule has 0 radical (unpaired) electrons. The van der Waals surface area contributed by atoms with Crippen LogP contribution in [0.3, 0.4) is 0 Å². The first-order chi connectivity index (χ1) is 16.3. The molecule has 2 amide bonds. The molecule has 7 nitrogen and oxygen atoms in total. The van der Waals surface area contributed by atoms with E-state index in [2.05, 4.69) is 19.0 Å². The molecule has 0 saturated carbocycles. The van der Waals surface area contributed by atoms with Crippen LogP contribution in [0.2, 0.25) is 0 Å². The Morgan fingerprint density at radius 1 is 0.941 bits per heavy atom. The molecule has 1 fully saturated rings. The fourth-order valence-electron chi connectivity index (χ4n) is 4.07. The lowest BCUT2D eigenvalue weighted by molar-refractivity contribution is 0.0535. The van der Waals surface area contributed by atoms with Crippen molar-refractivity contribution in [1.29, 1.82) is 0 Å². The average Bonchev–Trinajstić information content (AvgIpc) is 3.19. The van der Waals surface area contributed by atoms with Crippen LogP contribution in [-0.4, -0.2) is 52.9 Å². The van der Waals surface area contributed by atoms with Crippen LogP contribution in [0.25, 0.3) is 0 Å². The molecule has 3 aromatic rings. The summed E-state index contributed by atoms with van der Waals surface area (Å²) in [6, 6.07) is 15.0. The molecule has 4 rings (SSSR count). The highest BCUT2D eigenvalue weighted by Gasteiger charge is 2.26. The minimum Gasteiger partial charge on any atom is -0.489 e. The van der Waals surface area contributed by atoms with Gasteiger partial charge < -0.3 is 19.1 Å². The van der Waals surface area contributed by atoms with E-state index >= 15 is 0 Å². The SMILES string of the molecule is Cc1noc(C)c1COc1cccc(C(=O)N2CCN(C(=O)c3ccc(C(C)C)cc3)CC2)c1. The molecule has 0 aliphatic carbocycles. The van der Waals surface area contributed by atoms with Crippen LogP contribution >= 0.6 is 0 Å². The second kappa shape index (κ2) is 10.1. The van der Waals surface area contributed by atoms with E-state index in [0.29, 0.717) is 55.6 Å². The van der Waals surface area contributed by atoms with Gasteiger partial charge in [0.2, 0.25) is 0 Å². The second-order valence-electron chi connectivity index (χ2n) is 8.98. The molecule has 178 valence electrons. The first-order valence-electron chi connectivity index (χ1n) is 11.7. The molecule has 0 atom stereocenters. The van der Waals surface area contributed by atoms with Gasteiger partial charge in [-0.25, -0.2) is 0 Å². The zero-order chi connectivity index (χ0) is 24.2. The number of aromatic nitrogens is 1. The van der Waals surface area contributed by atoms with Crippen molar-refractivity contribution in [3.8, 4) is 5.75 Å². The minimum absolute atomic E-state index is 0.0112. The molecule has 0 N–H and O–H groups in total. The van der Waals surface area contributed by atoms with Gasteiger partial charge in [-0.2, -0.15) is 0 Å². The maximum absolute atomic E-state index is 13.1. The zero-order valence-corrected chi connectivity index (χ0v) is 20.2. The molecular formula is C27H31N3O4. The molecule has 0 bridgehead atoms. The van der Waals surface area contributed by atoms with Gasteiger partial charge in [0.15, 0.2) is 0 Å².